The van der Waals surface area contributed by atoms with Gasteiger partial charge in [-0.05, 0) is 74.2 Å². The lowest BCUT2D eigenvalue weighted by Gasteiger charge is -2.34. The van der Waals surface area contributed by atoms with E-state index in [9.17, 15) is 18.0 Å². The molecule has 0 aliphatic heterocycles. The van der Waals surface area contributed by atoms with Gasteiger partial charge in [-0.3, -0.25) is 13.9 Å². The molecule has 0 saturated heterocycles. The number of anilines is 1. The standard InChI is InChI=1S/C33H39Cl2N3O5S/c1-4-31(33(40)36-27-10-6-5-7-11-27)37(21-24-9-8-12-29(17-24)43-3)32(39)22-38(28-19-25(34)18-26(35)20-28)44(41,42)30-15-13-23(2)14-16-30/h8-9,12-20,27,31H,4-7,10-11,21-22H2,1-3H3,(H,36,40)/t31-/m1/s1. The Bertz CT molecular complexity index is 1540. The van der Waals surface area contributed by atoms with Crippen LogP contribution in [-0.4, -0.2) is 50.9 Å². The van der Waals surface area contributed by atoms with E-state index < -0.39 is 28.5 Å². The smallest absolute Gasteiger partial charge is 0.264 e. The molecule has 1 aliphatic carbocycles. The number of hydrogen-bond acceptors (Lipinski definition) is 5. The van der Waals surface area contributed by atoms with Crippen molar-refractivity contribution in [2.45, 2.75) is 75.9 Å². The zero-order chi connectivity index (χ0) is 31.9. The van der Waals surface area contributed by atoms with Gasteiger partial charge in [0.25, 0.3) is 10.0 Å². The van der Waals surface area contributed by atoms with Gasteiger partial charge in [-0.2, -0.15) is 0 Å². The summed E-state index contributed by atoms with van der Waals surface area (Å²) in [7, 11) is -2.69. The van der Waals surface area contributed by atoms with Crippen molar-refractivity contribution >= 4 is 50.7 Å². The van der Waals surface area contributed by atoms with Crippen LogP contribution in [0.2, 0.25) is 10.0 Å². The van der Waals surface area contributed by atoms with Gasteiger partial charge >= 0.3 is 0 Å². The summed E-state index contributed by atoms with van der Waals surface area (Å²) in [6.07, 6.45) is 5.35. The molecule has 11 heteroatoms. The van der Waals surface area contributed by atoms with E-state index in [1.807, 2.05) is 26.0 Å². The van der Waals surface area contributed by atoms with Crippen LogP contribution in [0.25, 0.3) is 0 Å². The van der Waals surface area contributed by atoms with E-state index in [4.69, 9.17) is 27.9 Å². The average Bonchev–Trinajstić information content (AvgIpc) is 3.00. The van der Waals surface area contributed by atoms with Crippen LogP contribution in [0.15, 0.2) is 71.6 Å². The molecule has 0 spiro atoms. The van der Waals surface area contributed by atoms with Crippen LogP contribution in [0.3, 0.4) is 0 Å². The fourth-order valence-corrected chi connectivity index (χ4v) is 7.39. The molecular weight excluding hydrogens is 621 g/mol. The van der Waals surface area contributed by atoms with Crippen molar-refractivity contribution in [3.8, 4) is 5.75 Å². The predicted molar refractivity (Wildman–Crippen MR) is 175 cm³/mol. The first kappa shape index (κ1) is 33.6. The molecule has 0 unspecified atom stereocenters. The third-order valence-electron chi connectivity index (χ3n) is 7.85. The molecule has 44 heavy (non-hydrogen) atoms. The number of ether oxygens (including phenoxy) is 1. The Labute approximate surface area is 270 Å². The fourth-order valence-electron chi connectivity index (χ4n) is 5.48. The van der Waals surface area contributed by atoms with Crippen LogP contribution in [0.4, 0.5) is 5.69 Å². The van der Waals surface area contributed by atoms with E-state index in [1.165, 1.54) is 35.2 Å². The quantitative estimate of drug-likeness (QED) is 0.232. The van der Waals surface area contributed by atoms with E-state index in [0.29, 0.717) is 12.2 Å². The van der Waals surface area contributed by atoms with E-state index in [2.05, 4.69) is 5.32 Å². The number of methoxy groups -OCH3 is 1. The summed E-state index contributed by atoms with van der Waals surface area (Å²) in [6, 6.07) is 17.2. The summed E-state index contributed by atoms with van der Waals surface area (Å²) in [4.78, 5) is 29.5. The number of hydrogen-bond donors (Lipinski definition) is 1. The number of sulfonamides is 1. The molecule has 1 N–H and O–H groups in total. The van der Waals surface area contributed by atoms with E-state index in [1.54, 1.807) is 31.4 Å². The van der Waals surface area contributed by atoms with Crippen molar-refractivity contribution in [3.63, 3.8) is 0 Å². The third-order valence-corrected chi connectivity index (χ3v) is 10.1. The number of amides is 2. The van der Waals surface area contributed by atoms with Gasteiger partial charge in [0.15, 0.2) is 0 Å². The largest absolute Gasteiger partial charge is 0.497 e. The van der Waals surface area contributed by atoms with Crippen LogP contribution in [0.1, 0.15) is 56.6 Å². The molecule has 4 rings (SSSR count). The van der Waals surface area contributed by atoms with Crippen LogP contribution in [0.5, 0.6) is 5.75 Å². The molecule has 1 atom stereocenters. The monoisotopic (exact) mass is 659 g/mol. The zero-order valence-corrected chi connectivity index (χ0v) is 27.6. The molecule has 1 aliphatic rings. The van der Waals surface area contributed by atoms with Gasteiger partial charge in [0.05, 0.1) is 17.7 Å². The molecule has 1 fully saturated rings. The SMILES string of the molecule is CC[C@H](C(=O)NC1CCCCC1)N(Cc1cccc(OC)c1)C(=O)CN(c1cc(Cl)cc(Cl)c1)S(=O)(=O)c1ccc(C)cc1. The molecule has 1 saturated carbocycles. The highest BCUT2D eigenvalue weighted by molar-refractivity contribution is 7.92. The highest BCUT2D eigenvalue weighted by atomic mass is 35.5. The summed E-state index contributed by atoms with van der Waals surface area (Å²) >= 11 is 12.6. The number of benzene rings is 3. The number of halogens is 2. The van der Waals surface area contributed by atoms with Gasteiger partial charge in [0, 0.05) is 22.6 Å². The maximum atomic E-state index is 14.3. The lowest BCUT2D eigenvalue weighted by Crippen LogP contribution is -2.54. The Morgan fingerprint density at radius 3 is 2.25 bits per heavy atom. The predicted octanol–water partition coefficient (Wildman–Crippen LogP) is 6.76. The summed E-state index contributed by atoms with van der Waals surface area (Å²) in [6.45, 7) is 3.19. The Morgan fingerprint density at radius 2 is 1.64 bits per heavy atom. The van der Waals surface area contributed by atoms with Crippen molar-refractivity contribution in [2.24, 2.45) is 0 Å². The molecule has 0 heterocycles. The van der Waals surface area contributed by atoms with Crippen LogP contribution in [-0.2, 0) is 26.2 Å². The summed E-state index contributed by atoms with van der Waals surface area (Å²) in [5.74, 6) is -0.202. The minimum atomic E-state index is -4.24. The Kier molecular flexibility index (Phi) is 11.6. The van der Waals surface area contributed by atoms with Crippen LogP contribution < -0.4 is 14.4 Å². The molecular formula is C33H39Cl2N3O5S. The maximum absolute atomic E-state index is 14.3. The number of nitrogens with zero attached hydrogens (tertiary/aromatic N) is 2. The molecule has 0 radical (unpaired) electrons. The van der Waals surface area contributed by atoms with E-state index >= 15 is 0 Å². The molecule has 2 amide bonds. The van der Waals surface area contributed by atoms with Crippen molar-refractivity contribution in [1.82, 2.24) is 10.2 Å². The number of carbonyl (C=O) groups excluding carboxylic acids is 2. The zero-order valence-electron chi connectivity index (χ0n) is 25.3. The molecule has 236 valence electrons. The summed E-state index contributed by atoms with van der Waals surface area (Å²) in [5, 5.41) is 3.59. The van der Waals surface area contributed by atoms with Crippen LogP contribution >= 0.6 is 23.2 Å². The minimum Gasteiger partial charge on any atom is -0.497 e. The lowest BCUT2D eigenvalue weighted by atomic mass is 9.95. The van der Waals surface area contributed by atoms with E-state index in [0.717, 1.165) is 47.5 Å². The first-order valence-electron chi connectivity index (χ1n) is 14.8. The van der Waals surface area contributed by atoms with Crippen molar-refractivity contribution in [1.29, 1.82) is 0 Å². The third kappa shape index (κ3) is 8.46. The van der Waals surface area contributed by atoms with Crippen molar-refractivity contribution in [2.75, 3.05) is 18.0 Å². The Hall–Kier alpha value is -3.27. The number of nitrogens with one attached hydrogen (secondary N) is 1. The topological polar surface area (TPSA) is 96.0 Å². The second-order valence-corrected chi connectivity index (χ2v) is 13.8. The normalized spacial score (nSPS) is 14.5. The van der Waals surface area contributed by atoms with Gasteiger partial charge in [-0.15, -0.1) is 0 Å². The van der Waals surface area contributed by atoms with Crippen LogP contribution in [0, 0.1) is 6.92 Å². The van der Waals surface area contributed by atoms with Crippen molar-refractivity contribution < 1.29 is 22.7 Å². The minimum absolute atomic E-state index is 0.00780. The highest BCUT2D eigenvalue weighted by Crippen LogP contribution is 2.30. The van der Waals surface area contributed by atoms with Gasteiger partial charge in [0.1, 0.15) is 18.3 Å². The molecule has 3 aromatic rings. The molecule has 3 aromatic carbocycles. The average molecular weight is 661 g/mol. The Balaban J connectivity index is 1.74. The van der Waals surface area contributed by atoms with E-state index in [-0.39, 0.29) is 39.1 Å². The second-order valence-electron chi connectivity index (χ2n) is 11.1. The number of aryl methyl sites for hydroxylation is 1. The molecule has 0 bridgehead atoms. The fraction of sp³-hybridized carbons (Fsp3) is 0.394. The number of carbonyl (C=O) groups is 2. The molecule has 0 aromatic heterocycles. The Morgan fingerprint density at radius 1 is 0.977 bits per heavy atom. The second kappa shape index (κ2) is 15.1. The van der Waals surface area contributed by atoms with Gasteiger partial charge in [0.2, 0.25) is 11.8 Å². The summed E-state index contributed by atoms with van der Waals surface area (Å²) in [5.41, 5.74) is 1.76. The maximum Gasteiger partial charge on any atom is 0.264 e. The van der Waals surface area contributed by atoms with Crippen molar-refractivity contribution in [3.05, 3.63) is 87.9 Å². The highest BCUT2D eigenvalue weighted by Gasteiger charge is 2.34. The first-order chi connectivity index (χ1) is 21.0. The molecule has 8 nitrogen and oxygen atoms in total. The lowest BCUT2D eigenvalue weighted by molar-refractivity contribution is -0.140. The van der Waals surface area contributed by atoms with Gasteiger partial charge in [-0.1, -0.05) is 79.2 Å². The summed E-state index contributed by atoms with van der Waals surface area (Å²) < 4.78 is 34.5. The van der Waals surface area contributed by atoms with Gasteiger partial charge < -0.3 is 15.0 Å². The number of rotatable bonds is 12. The first-order valence-corrected chi connectivity index (χ1v) is 17.0. The van der Waals surface area contributed by atoms with Gasteiger partial charge in [-0.25, -0.2) is 8.42 Å².